The molecule has 0 aliphatic carbocycles. The number of rotatable bonds is 7. The molecule has 3 nitrogen and oxygen atoms in total. The van der Waals surface area contributed by atoms with Gasteiger partial charge < -0.3 is 10.1 Å². The summed E-state index contributed by atoms with van der Waals surface area (Å²) in [5, 5.41) is 2.86. The van der Waals surface area contributed by atoms with Gasteiger partial charge in [-0.25, -0.2) is 0 Å². The molecule has 4 heteroatoms. The van der Waals surface area contributed by atoms with Crippen LogP contribution < -0.4 is 10.1 Å². The number of halogens is 1. The molecule has 0 bridgehead atoms. The maximum atomic E-state index is 11.6. The average molecular weight is 270 g/mol. The second-order valence-corrected chi connectivity index (χ2v) is 5.36. The van der Waals surface area contributed by atoms with Crippen molar-refractivity contribution in [2.75, 3.05) is 19.0 Å². The Kier molecular flexibility index (Phi) is 5.99. The smallest absolute Gasteiger partial charge is 0.257 e. The molecule has 1 rings (SSSR count). The van der Waals surface area contributed by atoms with E-state index in [4.69, 9.17) is 16.3 Å². The fourth-order valence-corrected chi connectivity index (χ4v) is 1.91. The minimum Gasteiger partial charge on any atom is -0.484 e. The molecular weight excluding hydrogens is 250 g/mol. The third-order valence-corrected chi connectivity index (χ3v) is 2.84. The minimum absolute atomic E-state index is 0.0180. The Morgan fingerprint density at radius 3 is 2.61 bits per heavy atom. The highest BCUT2D eigenvalue weighted by molar-refractivity contribution is 6.17. The summed E-state index contributed by atoms with van der Waals surface area (Å²) >= 11 is 5.71. The van der Waals surface area contributed by atoms with Crippen molar-refractivity contribution in [1.29, 1.82) is 0 Å². The van der Waals surface area contributed by atoms with Crippen LogP contribution in [0.2, 0.25) is 0 Å². The molecule has 0 saturated heterocycles. The molecular formula is C14H20ClNO2. The van der Waals surface area contributed by atoms with Crippen molar-refractivity contribution in [3.05, 3.63) is 30.3 Å². The second kappa shape index (κ2) is 7.27. The van der Waals surface area contributed by atoms with Crippen LogP contribution in [0.15, 0.2) is 30.3 Å². The molecule has 0 radical (unpaired) electrons. The van der Waals surface area contributed by atoms with Gasteiger partial charge >= 0.3 is 0 Å². The number of carbonyl (C=O) groups is 1. The number of alkyl halides is 1. The highest BCUT2D eigenvalue weighted by atomic mass is 35.5. The van der Waals surface area contributed by atoms with Gasteiger partial charge in [-0.3, -0.25) is 4.79 Å². The summed E-state index contributed by atoms with van der Waals surface area (Å²) in [7, 11) is 0. The van der Waals surface area contributed by atoms with E-state index in [0.29, 0.717) is 18.2 Å². The van der Waals surface area contributed by atoms with Crippen LogP contribution in [0.3, 0.4) is 0 Å². The van der Waals surface area contributed by atoms with E-state index in [1.54, 1.807) is 0 Å². The fourth-order valence-electron chi connectivity index (χ4n) is 1.40. The van der Waals surface area contributed by atoms with E-state index >= 15 is 0 Å². The fraction of sp³-hybridized carbons (Fsp3) is 0.500. The molecule has 0 fully saturated rings. The second-order valence-electron chi connectivity index (χ2n) is 4.98. The molecule has 0 saturated carbocycles. The van der Waals surface area contributed by atoms with E-state index in [1.165, 1.54) is 0 Å². The molecule has 0 unspecified atom stereocenters. The number of carbonyl (C=O) groups excluding carboxylic acids is 1. The van der Waals surface area contributed by atoms with Gasteiger partial charge in [0, 0.05) is 12.4 Å². The van der Waals surface area contributed by atoms with Crippen molar-refractivity contribution in [2.45, 2.75) is 20.3 Å². The summed E-state index contributed by atoms with van der Waals surface area (Å²) < 4.78 is 5.35. The topological polar surface area (TPSA) is 38.3 Å². The molecule has 0 heterocycles. The Labute approximate surface area is 113 Å². The number of hydrogen-bond acceptors (Lipinski definition) is 2. The van der Waals surface area contributed by atoms with Crippen LogP contribution in [-0.2, 0) is 4.79 Å². The zero-order chi connectivity index (χ0) is 13.4. The molecule has 18 heavy (non-hydrogen) atoms. The van der Waals surface area contributed by atoms with Crippen LogP contribution in [0, 0.1) is 5.41 Å². The Bertz CT molecular complexity index is 365. The number of para-hydroxylation sites is 1. The molecule has 0 spiro atoms. The van der Waals surface area contributed by atoms with Crippen molar-refractivity contribution in [3.63, 3.8) is 0 Å². The van der Waals surface area contributed by atoms with Crippen molar-refractivity contribution in [3.8, 4) is 5.75 Å². The van der Waals surface area contributed by atoms with Gasteiger partial charge in [0.2, 0.25) is 0 Å². The van der Waals surface area contributed by atoms with Gasteiger partial charge in [0.25, 0.3) is 5.91 Å². The Morgan fingerprint density at radius 2 is 2.00 bits per heavy atom. The lowest BCUT2D eigenvalue weighted by Crippen LogP contribution is -2.36. The van der Waals surface area contributed by atoms with Crippen molar-refractivity contribution in [1.82, 2.24) is 5.32 Å². The van der Waals surface area contributed by atoms with Crippen molar-refractivity contribution in [2.24, 2.45) is 5.41 Å². The molecule has 1 amide bonds. The monoisotopic (exact) mass is 269 g/mol. The highest BCUT2D eigenvalue weighted by Gasteiger charge is 2.18. The van der Waals surface area contributed by atoms with Gasteiger partial charge in [-0.1, -0.05) is 32.0 Å². The third-order valence-electron chi connectivity index (χ3n) is 2.65. The summed E-state index contributed by atoms with van der Waals surface area (Å²) in [6.07, 6.45) is 0.869. The lowest BCUT2D eigenvalue weighted by Gasteiger charge is -2.23. The molecule has 0 aromatic heterocycles. The van der Waals surface area contributed by atoms with E-state index in [0.717, 1.165) is 6.42 Å². The van der Waals surface area contributed by atoms with Gasteiger partial charge in [0.15, 0.2) is 6.61 Å². The van der Waals surface area contributed by atoms with Crippen molar-refractivity contribution < 1.29 is 9.53 Å². The van der Waals surface area contributed by atoms with Gasteiger partial charge in [-0.15, -0.1) is 11.6 Å². The minimum atomic E-state index is -0.110. The standard InChI is InChI=1S/C14H20ClNO2/c1-14(2,8-9-15)11-16-13(17)10-18-12-6-4-3-5-7-12/h3-7H,8-11H2,1-2H3,(H,16,17). The maximum absolute atomic E-state index is 11.6. The van der Waals surface area contributed by atoms with Crippen molar-refractivity contribution >= 4 is 17.5 Å². The Hall–Kier alpha value is -1.22. The van der Waals surface area contributed by atoms with E-state index in [1.807, 2.05) is 30.3 Å². The van der Waals surface area contributed by atoms with E-state index in [9.17, 15) is 4.79 Å². The molecule has 100 valence electrons. The molecule has 1 N–H and O–H groups in total. The zero-order valence-electron chi connectivity index (χ0n) is 10.9. The zero-order valence-corrected chi connectivity index (χ0v) is 11.7. The highest BCUT2D eigenvalue weighted by Crippen LogP contribution is 2.19. The summed E-state index contributed by atoms with van der Waals surface area (Å²) in [5.74, 6) is 1.19. The van der Waals surface area contributed by atoms with E-state index in [2.05, 4.69) is 19.2 Å². The number of benzene rings is 1. The molecule has 1 aromatic carbocycles. The Balaban J connectivity index is 2.26. The number of nitrogens with one attached hydrogen (secondary N) is 1. The Morgan fingerprint density at radius 1 is 1.33 bits per heavy atom. The SMILES string of the molecule is CC(C)(CCCl)CNC(=O)COc1ccccc1. The van der Waals surface area contributed by atoms with Crippen LogP contribution in [0.5, 0.6) is 5.75 Å². The van der Waals surface area contributed by atoms with Crippen LogP contribution in [0.4, 0.5) is 0 Å². The largest absolute Gasteiger partial charge is 0.484 e. The summed E-state index contributed by atoms with van der Waals surface area (Å²) in [6.45, 7) is 4.80. The first-order valence-electron chi connectivity index (χ1n) is 6.04. The third kappa shape index (κ3) is 5.92. The quantitative estimate of drug-likeness (QED) is 0.773. The first-order valence-corrected chi connectivity index (χ1v) is 6.57. The summed E-state index contributed by atoms with van der Waals surface area (Å²) in [6, 6.07) is 9.30. The normalized spacial score (nSPS) is 11.1. The first-order chi connectivity index (χ1) is 8.53. The molecule has 0 aliphatic rings. The summed E-state index contributed by atoms with van der Waals surface area (Å²) in [5.41, 5.74) is 0.0180. The van der Waals surface area contributed by atoms with Gasteiger partial charge in [-0.05, 0) is 24.0 Å². The van der Waals surface area contributed by atoms with Gasteiger partial charge in [-0.2, -0.15) is 0 Å². The van der Waals surface area contributed by atoms with Crippen LogP contribution in [-0.4, -0.2) is 24.9 Å². The number of ether oxygens (including phenoxy) is 1. The first kappa shape index (κ1) is 14.8. The predicted octanol–water partition coefficient (Wildman–Crippen LogP) is 2.84. The molecule has 1 aromatic rings. The lowest BCUT2D eigenvalue weighted by atomic mass is 9.90. The van der Waals surface area contributed by atoms with Crippen LogP contribution in [0.1, 0.15) is 20.3 Å². The van der Waals surface area contributed by atoms with Gasteiger partial charge in [0.05, 0.1) is 0 Å². The maximum Gasteiger partial charge on any atom is 0.257 e. The van der Waals surface area contributed by atoms with E-state index < -0.39 is 0 Å². The average Bonchev–Trinajstić information content (AvgIpc) is 2.35. The van der Waals surface area contributed by atoms with E-state index in [-0.39, 0.29) is 17.9 Å². The molecule has 0 atom stereocenters. The predicted molar refractivity (Wildman–Crippen MR) is 74.1 cm³/mol. The van der Waals surface area contributed by atoms with Crippen LogP contribution in [0.25, 0.3) is 0 Å². The lowest BCUT2D eigenvalue weighted by molar-refractivity contribution is -0.123. The summed E-state index contributed by atoms with van der Waals surface area (Å²) in [4.78, 5) is 11.6. The van der Waals surface area contributed by atoms with Crippen LogP contribution >= 0.6 is 11.6 Å². The number of amides is 1. The molecule has 0 aliphatic heterocycles. The van der Waals surface area contributed by atoms with Gasteiger partial charge in [0.1, 0.15) is 5.75 Å². The number of hydrogen-bond donors (Lipinski definition) is 1.